The van der Waals surface area contributed by atoms with Gasteiger partial charge in [0.2, 0.25) is 0 Å². The zero-order valence-electron chi connectivity index (χ0n) is 8.87. The number of aromatic nitrogens is 1. The maximum Gasteiger partial charge on any atom is 0.183 e. The topological polar surface area (TPSA) is 28.2 Å². The van der Waals surface area contributed by atoms with Crippen LogP contribution in [0.2, 0.25) is 4.47 Å². The van der Waals surface area contributed by atoms with E-state index in [-0.39, 0.29) is 0 Å². The maximum absolute atomic E-state index is 5.80. The minimum Gasteiger partial charge on any atom is -0.319 e. The van der Waals surface area contributed by atoms with E-state index >= 15 is 0 Å². The number of halogens is 1. The van der Waals surface area contributed by atoms with Gasteiger partial charge in [-0.3, -0.25) is 4.90 Å². The minimum absolute atomic E-state index is 0.649. The molecule has 0 spiro atoms. The van der Waals surface area contributed by atoms with Gasteiger partial charge < -0.3 is 5.32 Å². The Labute approximate surface area is 99.5 Å². The van der Waals surface area contributed by atoms with E-state index in [9.17, 15) is 0 Å². The summed E-state index contributed by atoms with van der Waals surface area (Å²) in [6, 6.07) is 0. The van der Waals surface area contributed by atoms with Crippen LogP contribution in [-0.2, 0) is 6.54 Å². The van der Waals surface area contributed by atoms with Gasteiger partial charge in [-0.2, -0.15) is 0 Å². The summed E-state index contributed by atoms with van der Waals surface area (Å²) in [6.07, 6.45) is 3.19. The number of nitrogens with zero attached hydrogens (tertiary/aromatic N) is 2. The van der Waals surface area contributed by atoms with Crippen molar-refractivity contribution in [2.45, 2.75) is 13.0 Å². The van der Waals surface area contributed by atoms with Gasteiger partial charge in [0.05, 0.1) is 0 Å². The zero-order chi connectivity index (χ0) is 10.7. The maximum atomic E-state index is 5.80. The Morgan fingerprint density at radius 3 is 3.27 bits per heavy atom. The Bertz CT molecular complexity index is 315. The molecule has 1 fully saturated rings. The molecule has 2 rings (SSSR count). The first kappa shape index (κ1) is 11.3. The number of nitrogens with one attached hydrogen (secondary N) is 1. The molecule has 1 aliphatic rings. The SMILES string of the molecule is CNCC1CCN(Cc2cnc(Cl)s2)C1. The van der Waals surface area contributed by atoms with Crippen LogP contribution in [0.25, 0.3) is 0 Å². The third kappa shape index (κ3) is 3.14. The van der Waals surface area contributed by atoms with Gasteiger partial charge in [0, 0.05) is 24.2 Å². The van der Waals surface area contributed by atoms with E-state index < -0.39 is 0 Å². The predicted molar refractivity (Wildman–Crippen MR) is 64.4 cm³/mol. The summed E-state index contributed by atoms with van der Waals surface area (Å²) < 4.78 is 0.649. The molecule has 5 heteroatoms. The van der Waals surface area contributed by atoms with Crippen molar-refractivity contribution in [1.29, 1.82) is 0 Å². The second-order valence-corrected chi connectivity index (χ2v) is 5.72. The molecule has 1 saturated heterocycles. The van der Waals surface area contributed by atoms with Gasteiger partial charge in [0.1, 0.15) is 0 Å². The van der Waals surface area contributed by atoms with E-state index in [0.29, 0.717) is 4.47 Å². The van der Waals surface area contributed by atoms with Crippen LogP contribution >= 0.6 is 22.9 Å². The molecule has 1 aliphatic heterocycles. The number of hydrogen-bond acceptors (Lipinski definition) is 4. The second kappa shape index (κ2) is 5.25. The van der Waals surface area contributed by atoms with Gasteiger partial charge in [-0.1, -0.05) is 11.6 Å². The summed E-state index contributed by atoms with van der Waals surface area (Å²) in [5.41, 5.74) is 0. The molecule has 0 saturated carbocycles. The van der Waals surface area contributed by atoms with Gasteiger partial charge in [0.25, 0.3) is 0 Å². The molecule has 1 aromatic heterocycles. The third-order valence-electron chi connectivity index (χ3n) is 2.77. The van der Waals surface area contributed by atoms with E-state index in [2.05, 4.69) is 15.2 Å². The summed E-state index contributed by atoms with van der Waals surface area (Å²) in [6.45, 7) is 4.52. The number of thiazole rings is 1. The molecule has 0 aromatic carbocycles. The summed E-state index contributed by atoms with van der Waals surface area (Å²) in [4.78, 5) is 7.81. The Balaban J connectivity index is 1.82. The van der Waals surface area contributed by atoms with Gasteiger partial charge in [0.15, 0.2) is 4.47 Å². The van der Waals surface area contributed by atoms with Crippen LogP contribution in [0, 0.1) is 5.92 Å². The van der Waals surface area contributed by atoms with E-state index in [4.69, 9.17) is 11.6 Å². The van der Waals surface area contributed by atoms with E-state index in [1.54, 1.807) is 11.3 Å². The molecule has 0 bridgehead atoms. The van der Waals surface area contributed by atoms with Crippen LogP contribution in [0.3, 0.4) is 0 Å². The fraction of sp³-hybridized carbons (Fsp3) is 0.700. The molecule has 15 heavy (non-hydrogen) atoms. The highest BCUT2D eigenvalue weighted by Gasteiger charge is 2.22. The molecular weight excluding hydrogens is 230 g/mol. The lowest BCUT2D eigenvalue weighted by atomic mass is 10.1. The first-order valence-electron chi connectivity index (χ1n) is 5.25. The summed E-state index contributed by atoms with van der Waals surface area (Å²) in [7, 11) is 2.02. The standard InChI is InChI=1S/C10H16ClN3S/c1-12-4-8-2-3-14(6-8)7-9-5-13-10(11)15-9/h5,8,12H,2-4,6-7H2,1H3. The van der Waals surface area contributed by atoms with Gasteiger partial charge in [-0.05, 0) is 32.5 Å². The van der Waals surface area contributed by atoms with Crippen molar-refractivity contribution in [3.05, 3.63) is 15.5 Å². The average molecular weight is 246 g/mol. The minimum atomic E-state index is 0.649. The lowest BCUT2D eigenvalue weighted by molar-refractivity contribution is 0.318. The quantitative estimate of drug-likeness (QED) is 0.878. The molecule has 1 atom stereocenters. The van der Waals surface area contributed by atoms with Crippen molar-refractivity contribution in [2.75, 3.05) is 26.7 Å². The molecule has 3 nitrogen and oxygen atoms in total. The Hall–Kier alpha value is -0.160. The van der Waals surface area contributed by atoms with Crippen LogP contribution in [-0.4, -0.2) is 36.6 Å². The molecule has 84 valence electrons. The Morgan fingerprint density at radius 1 is 1.73 bits per heavy atom. The van der Waals surface area contributed by atoms with Crippen molar-refractivity contribution >= 4 is 22.9 Å². The first-order chi connectivity index (χ1) is 7.28. The Kier molecular flexibility index (Phi) is 3.97. The number of likely N-dealkylation sites (tertiary alicyclic amines) is 1. The lowest BCUT2D eigenvalue weighted by Crippen LogP contribution is -2.24. The molecule has 0 aliphatic carbocycles. The zero-order valence-corrected chi connectivity index (χ0v) is 10.4. The number of rotatable bonds is 4. The third-order valence-corrected chi connectivity index (χ3v) is 3.87. The molecule has 0 radical (unpaired) electrons. The normalized spacial score (nSPS) is 22.4. The molecular formula is C10H16ClN3S. The van der Waals surface area contributed by atoms with Crippen LogP contribution in [0.4, 0.5) is 0 Å². The smallest absolute Gasteiger partial charge is 0.183 e. The summed E-state index contributed by atoms with van der Waals surface area (Å²) in [5.74, 6) is 0.804. The highest BCUT2D eigenvalue weighted by atomic mass is 35.5. The van der Waals surface area contributed by atoms with Crippen molar-refractivity contribution < 1.29 is 0 Å². The monoisotopic (exact) mass is 245 g/mol. The molecule has 1 aromatic rings. The van der Waals surface area contributed by atoms with E-state index in [1.165, 1.54) is 24.4 Å². The van der Waals surface area contributed by atoms with Crippen LogP contribution in [0.15, 0.2) is 6.20 Å². The largest absolute Gasteiger partial charge is 0.319 e. The number of hydrogen-bond donors (Lipinski definition) is 1. The van der Waals surface area contributed by atoms with Crippen molar-refractivity contribution in [3.63, 3.8) is 0 Å². The fourth-order valence-electron chi connectivity index (χ4n) is 2.09. The molecule has 0 amide bonds. The van der Waals surface area contributed by atoms with E-state index in [0.717, 1.165) is 19.0 Å². The molecule has 1 unspecified atom stereocenters. The van der Waals surface area contributed by atoms with Crippen molar-refractivity contribution in [2.24, 2.45) is 5.92 Å². The first-order valence-corrected chi connectivity index (χ1v) is 6.44. The molecule has 1 N–H and O–H groups in total. The van der Waals surface area contributed by atoms with Crippen molar-refractivity contribution in [3.8, 4) is 0 Å². The van der Waals surface area contributed by atoms with Gasteiger partial charge in [-0.25, -0.2) is 4.98 Å². The highest BCUT2D eigenvalue weighted by molar-refractivity contribution is 7.15. The Morgan fingerprint density at radius 2 is 2.60 bits per heavy atom. The van der Waals surface area contributed by atoms with E-state index in [1.807, 2.05) is 13.2 Å². The van der Waals surface area contributed by atoms with Gasteiger partial charge >= 0.3 is 0 Å². The van der Waals surface area contributed by atoms with Gasteiger partial charge in [-0.15, -0.1) is 11.3 Å². The summed E-state index contributed by atoms with van der Waals surface area (Å²) in [5, 5.41) is 3.24. The van der Waals surface area contributed by atoms with Crippen LogP contribution in [0.5, 0.6) is 0 Å². The highest BCUT2D eigenvalue weighted by Crippen LogP contribution is 2.22. The summed E-state index contributed by atoms with van der Waals surface area (Å²) >= 11 is 7.39. The average Bonchev–Trinajstić information content (AvgIpc) is 2.78. The van der Waals surface area contributed by atoms with Crippen molar-refractivity contribution in [1.82, 2.24) is 15.2 Å². The fourth-order valence-corrected chi connectivity index (χ4v) is 3.11. The predicted octanol–water partition coefficient (Wildman–Crippen LogP) is 1.84. The molecule has 2 heterocycles. The second-order valence-electron chi connectivity index (χ2n) is 4.03. The van der Waals surface area contributed by atoms with Crippen LogP contribution in [0.1, 0.15) is 11.3 Å². The van der Waals surface area contributed by atoms with Crippen LogP contribution < -0.4 is 5.32 Å². The lowest BCUT2D eigenvalue weighted by Gasteiger charge is -2.14.